The largest absolute Gasteiger partial charge is 0.491 e. The lowest BCUT2D eigenvalue weighted by atomic mass is 10.0. The molecule has 0 radical (unpaired) electrons. The first-order chi connectivity index (χ1) is 17.7. The summed E-state index contributed by atoms with van der Waals surface area (Å²) in [5.41, 5.74) is 1.55. The summed E-state index contributed by atoms with van der Waals surface area (Å²) in [6.07, 6.45) is 0.389. The molecule has 3 heterocycles. The number of halogens is 1. The summed E-state index contributed by atoms with van der Waals surface area (Å²) in [5.74, 6) is 0.459. The molecule has 3 aliphatic heterocycles. The van der Waals surface area contributed by atoms with Crippen LogP contribution in [0, 0.1) is 11.7 Å². The van der Waals surface area contributed by atoms with Crippen LogP contribution in [-0.2, 0) is 22.5 Å². The van der Waals surface area contributed by atoms with Crippen LogP contribution in [0.15, 0.2) is 42.5 Å². The normalized spacial score (nSPS) is 22.6. The number of nitrogens with zero attached hydrogens (tertiary/aromatic N) is 2. The molecule has 5 rings (SSSR count). The Morgan fingerprint density at radius 2 is 1.95 bits per heavy atom. The van der Waals surface area contributed by atoms with Gasteiger partial charge in [-0.05, 0) is 38.8 Å². The quantitative estimate of drug-likeness (QED) is 0.651. The van der Waals surface area contributed by atoms with Gasteiger partial charge < -0.3 is 29.3 Å². The second-order valence-corrected chi connectivity index (χ2v) is 11.0. The van der Waals surface area contributed by atoms with E-state index in [9.17, 15) is 9.59 Å². The lowest BCUT2D eigenvalue weighted by Gasteiger charge is -2.31. The van der Waals surface area contributed by atoms with Crippen molar-refractivity contribution in [1.29, 1.82) is 0 Å². The van der Waals surface area contributed by atoms with Gasteiger partial charge in [-0.15, -0.1) is 0 Å². The summed E-state index contributed by atoms with van der Waals surface area (Å²) in [5, 5.41) is 2.78. The van der Waals surface area contributed by atoms with Gasteiger partial charge in [0.1, 0.15) is 30.4 Å². The van der Waals surface area contributed by atoms with Gasteiger partial charge in [-0.1, -0.05) is 30.3 Å². The Morgan fingerprint density at radius 1 is 1.16 bits per heavy atom. The van der Waals surface area contributed by atoms with Crippen molar-refractivity contribution in [3.63, 3.8) is 0 Å². The van der Waals surface area contributed by atoms with Gasteiger partial charge in [-0.2, -0.15) is 0 Å². The van der Waals surface area contributed by atoms with Gasteiger partial charge in [0, 0.05) is 49.3 Å². The maximum Gasteiger partial charge on any atom is 0.410 e. The predicted molar refractivity (Wildman–Crippen MR) is 136 cm³/mol. The zero-order valence-electron chi connectivity index (χ0n) is 21.5. The number of nitrogens with one attached hydrogen (secondary N) is 1. The Bertz CT molecular complexity index is 1150. The zero-order valence-corrected chi connectivity index (χ0v) is 21.5. The molecule has 3 aliphatic rings. The van der Waals surface area contributed by atoms with E-state index in [0.29, 0.717) is 36.7 Å². The van der Waals surface area contributed by atoms with E-state index in [1.54, 1.807) is 4.90 Å². The van der Waals surface area contributed by atoms with Gasteiger partial charge in [0.2, 0.25) is 0 Å². The van der Waals surface area contributed by atoms with Crippen LogP contribution in [0.2, 0.25) is 0 Å². The van der Waals surface area contributed by atoms with Crippen molar-refractivity contribution in [2.45, 2.75) is 57.9 Å². The predicted octanol–water partition coefficient (Wildman–Crippen LogP) is 4.50. The lowest BCUT2D eigenvalue weighted by molar-refractivity contribution is 0.0284. The molecule has 0 saturated carbocycles. The van der Waals surface area contributed by atoms with Crippen LogP contribution in [0.3, 0.4) is 0 Å². The number of benzene rings is 2. The monoisotopic (exact) mass is 511 g/mol. The van der Waals surface area contributed by atoms with Gasteiger partial charge in [0.15, 0.2) is 0 Å². The van der Waals surface area contributed by atoms with Crippen LogP contribution in [0.25, 0.3) is 0 Å². The third-order valence-electron chi connectivity index (χ3n) is 7.10. The molecule has 2 aromatic rings. The van der Waals surface area contributed by atoms with Gasteiger partial charge >= 0.3 is 12.2 Å². The van der Waals surface area contributed by atoms with E-state index in [1.165, 1.54) is 6.07 Å². The molecule has 2 saturated heterocycles. The van der Waals surface area contributed by atoms with Crippen LogP contribution in [0.5, 0.6) is 5.75 Å². The second kappa shape index (κ2) is 10.1. The number of rotatable bonds is 4. The fraction of sp³-hybridized carbons (Fsp3) is 0.500. The number of alkyl carbamates (subject to hydrolysis) is 1. The van der Waals surface area contributed by atoms with Crippen LogP contribution < -0.4 is 15.0 Å². The minimum Gasteiger partial charge on any atom is -0.491 e. The Morgan fingerprint density at radius 3 is 2.70 bits per heavy atom. The van der Waals surface area contributed by atoms with Crippen molar-refractivity contribution in [2.75, 3.05) is 31.1 Å². The Kier molecular flexibility index (Phi) is 6.88. The van der Waals surface area contributed by atoms with E-state index in [4.69, 9.17) is 14.2 Å². The summed E-state index contributed by atoms with van der Waals surface area (Å²) in [7, 11) is 0. The Hall–Kier alpha value is -3.49. The highest BCUT2D eigenvalue weighted by molar-refractivity contribution is 5.69. The maximum atomic E-state index is 15.3. The number of fused-ring (bicyclic) bond motifs is 2. The highest BCUT2D eigenvalue weighted by Gasteiger charge is 2.44. The first-order valence-corrected chi connectivity index (χ1v) is 12.8. The highest BCUT2D eigenvalue weighted by Crippen LogP contribution is 2.39. The van der Waals surface area contributed by atoms with E-state index in [-0.39, 0.29) is 37.2 Å². The average molecular weight is 512 g/mol. The smallest absolute Gasteiger partial charge is 0.410 e. The van der Waals surface area contributed by atoms with Gasteiger partial charge in [0.05, 0.1) is 12.1 Å². The molecule has 0 spiro atoms. The molecule has 8 nitrogen and oxygen atoms in total. The van der Waals surface area contributed by atoms with E-state index in [2.05, 4.69) is 10.2 Å². The molecule has 2 amide bonds. The van der Waals surface area contributed by atoms with Crippen LogP contribution in [0.4, 0.5) is 19.7 Å². The number of likely N-dealkylation sites (tertiary alicyclic amines) is 1. The molecule has 198 valence electrons. The van der Waals surface area contributed by atoms with Crippen molar-refractivity contribution in [1.82, 2.24) is 10.2 Å². The summed E-state index contributed by atoms with van der Waals surface area (Å²) in [6, 6.07) is 12.6. The molecule has 2 fully saturated rings. The van der Waals surface area contributed by atoms with Crippen LogP contribution in [0.1, 0.15) is 38.3 Å². The van der Waals surface area contributed by atoms with Crippen LogP contribution >= 0.6 is 0 Å². The number of ether oxygens (including phenoxy) is 3. The Labute approximate surface area is 216 Å². The number of anilines is 1. The highest BCUT2D eigenvalue weighted by atomic mass is 19.1. The van der Waals surface area contributed by atoms with E-state index in [1.807, 2.05) is 57.2 Å². The summed E-state index contributed by atoms with van der Waals surface area (Å²) < 4.78 is 32.0. The topological polar surface area (TPSA) is 80.3 Å². The molecule has 2 aromatic carbocycles. The molecule has 9 heteroatoms. The maximum absolute atomic E-state index is 15.3. The van der Waals surface area contributed by atoms with Crippen molar-refractivity contribution in [3.8, 4) is 5.75 Å². The number of carbonyl (C=O) groups is 2. The third-order valence-corrected chi connectivity index (χ3v) is 7.10. The number of hydrogen-bond donors (Lipinski definition) is 1. The number of carbonyl (C=O) groups excluding carboxylic acids is 2. The zero-order chi connectivity index (χ0) is 26.2. The second-order valence-electron chi connectivity index (χ2n) is 11.0. The average Bonchev–Trinajstić information content (AvgIpc) is 3.44. The minimum atomic E-state index is -0.559. The Balaban J connectivity index is 1.20. The standard InChI is InChI=1S/C28H34FN3O5/c1-28(2,3)37-27(34)31-14-19-9-10-32(24(19)15-31)21-12-23(29)22-11-20(17-35-25(22)13-21)30-26(33)36-16-18-7-5-4-6-8-18/h4-8,12-13,19-20,24H,9-11,14-17H2,1-3H3,(H,30,33)/t19-,20+,24+/m0/s1. The molecule has 0 aliphatic carbocycles. The fourth-order valence-electron chi connectivity index (χ4n) is 5.37. The molecule has 3 atom stereocenters. The molecule has 1 N–H and O–H groups in total. The fourth-order valence-corrected chi connectivity index (χ4v) is 5.37. The third kappa shape index (κ3) is 5.76. The van der Waals surface area contributed by atoms with Gasteiger partial charge in [-0.25, -0.2) is 14.0 Å². The van der Waals surface area contributed by atoms with E-state index >= 15 is 4.39 Å². The van der Waals surface area contributed by atoms with Crippen molar-refractivity contribution < 1.29 is 28.2 Å². The molecular formula is C28H34FN3O5. The molecule has 0 bridgehead atoms. The van der Waals surface area contributed by atoms with Crippen molar-refractivity contribution >= 4 is 17.9 Å². The number of hydrogen-bond acceptors (Lipinski definition) is 6. The van der Waals surface area contributed by atoms with Crippen molar-refractivity contribution in [3.05, 3.63) is 59.4 Å². The molecular weight excluding hydrogens is 477 g/mol. The summed E-state index contributed by atoms with van der Waals surface area (Å²) in [4.78, 5) is 28.7. The van der Waals surface area contributed by atoms with E-state index < -0.39 is 11.7 Å². The van der Waals surface area contributed by atoms with Gasteiger partial charge in [-0.3, -0.25) is 0 Å². The first kappa shape index (κ1) is 25.2. The number of amides is 2. The molecule has 0 aromatic heterocycles. The summed E-state index contributed by atoms with van der Waals surface area (Å²) >= 11 is 0. The van der Waals surface area contributed by atoms with Crippen LogP contribution in [-0.4, -0.2) is 61.0 Å². The van der Waals surface area contributed by atoms with Gasteiger partial charge in [0.25, 0.3) is 0 Å². The summed E-state index contributed by atoms with van der Waals surface area (Å²) in [6.45, 7) is 7.97. The van der Waals surface area contributed by atoms with Crippen molar-refractivity contribution in [2.24, 2.45) is 5.92 Å². The first-order valence-electron chi connectivity index (χ1n) is 12.8. The lowest BCUT2D eigenvalue weighted by Crippen LogP contribution is -2.43. The molecule has 0 unspecified atom stereocenters. The SMILES string of the molecule is CC(C)(C)OC(=O)N1C[C@@H]2CCN(c3cc(F)c4c(c3)OC[C@H](NC(=O)OCc3ccccc3)C4)[C@@H]2C1. The molecule has 37 heavy (non-hydrogen) atoms. The van der Waals surface area contributed by atoms with E-state index in [0.717, 1.165) is 24.2 Å². The minimum absolute atomic E-state index is 0.113.